The Morgan fingerprint density at radius 2 is 1.75 bits per heavy atom. The lowest BCUT2D eigenvalue weighted by molar-refractivity contribution is -0.143. The molecule has 6 nitrogen and oxygen atoms in total. The molecule has 1 amide bonds. The van der Waals surface area contributed by atoms with E-state index in [1.165, 1.54) is 0 Å². The van der Waals surface area contributed by atoms with Gasteiger partial charge in [-0.15, -0.1) is 0 Å². The molecule has 0 radical (unpaired) electrons. The number of carbonyl (C=O) groups is 1. The Labute approximate surface area is 194 Å². The van der Waals surface area contributed by atoms with E-state index in [1.807, 2.05) is 66.7 Å². The second-order valence-corrected chi connectivity index (χ2v) is 8.51. The second-order valence-electron chi connectivity index (χ2n) is 7.59. The first-order valence-electron chi connectivity index (χ1n) is 10.3. The largest absolute Gasteiger partial charge is 0.497 e. The third kappa shape index (κ3) is 3.96. The first kappa shape index (κ1) is 20.6. The van der Waals surface area contributed by atoms with E-state index in [0.717, 1.165) is 27.1 Å². The summed E-state index contributed by atoms with van der Waals surface area (Å²) in [5, 5.41) is 6.28. The summed E-state index contributed by atoms with van der Waals surface area (Å²) >= 11 is 3.47. The summed E-state index contributed by atoms with van der Waals surface area (Å²) in [5.74, 6) is 1.74. The molecule has 0 aliphatic carbocycles. The SMILES string of the molecule is COc1ccc(C2CC(c3ccc(Br)cc3)=NN2C(=O)C2COc3ccccc3O2)cc1. The molecule has 2 unspecified atom stereocenters. The average molecular weight is 493 g/mol. The second kappa shape index (κ2) is 8.67. The van der Waals surface area contributed by atoms with Gasteiger partial charge in [-0.2, -0.15) is 5.10 Å². The smallest absolute Gasteiger partial charge is 0.287 e. The van der Waals surface area contributed by atoms with Crippen molar-refractivity contribution >= 4 is 27.5 Å². The summed E-state index contributed by atoms with van der Waals surface area (Å²) in [6.45, 7) is 0.144. The van der Waals surface area contributed by atoms with Crippen molar-refractivity contribution in [2.45, 2.75) is 18.6 Å². The molecule has 32 heavy (non-hydrogen) atoms. The molecule has 0 bridgehead atoms. The molecular formula is C25H21BrN2O4. The van der Waals surface area contributed by atoms with Gasteiger partial charge in [0.1, 0.15) is 12.4 Å². The van der Waals surface area contributed by atoms with Crippen molar-refractivity contribution in [3.05, 3.63) is 88.4 Å². The first-order valence-corrected chi connectivity index (χ1v) is 11.1. The highest BCUT2D eigenvalue weighted by Gasteiger charge is 2.39. The predicted molar refractivity (Wildman–Crippen MR) is 124 cm³/mol. The normalized spacial score (nSPS) is 19.4. The fourth-order valence-corrected chi connectivity index (χ4v) is 4.17. The van der Waals surface area contributed by atoms with Crippen molar-refractivity contribution in [2.75, 3.05) is 13.7 Å². The van der Waals surface area contributed by atoms with E-state index in [-0.39, 0.29) is 18.6 Å². The Hall–Kier alpha value is -3.32. The minimum absolute atomic E-state index is 0.144. The monoisotopic (exact) mass is 492 g/mol. The van der Waals surface area contributed by atoms with Crippen LogP contribution in [-0.2, 0) is 4.79 Å². The molecule has 2 aliphatic heterocycles. The van der Waals surface area contributed by atoms with Gasteiger partial charge >= 0.3 is 0 Å². The molecule has 0 N–H and O–H groups in total. The first-order chi connectivity index (χ1) is 15.6. The lowest BCUT2D eigenvalue weighted by Crippen LogP contribution is -2.44. The predicted octanol–water partition coefficient (Wildman–Crippen LogP) is 4.98. The van der Waals surface area contributed by atoms with Gasteiger partial charge in [0, 0.05) is 10.9 Å². The number of fused-ring (bicyclic) bond motifs is 1. The number of carbonyl (C=O) groups excluding carboxylic acids is 1. The van der Waals surface area contributed by atoms with Crippen LogP contribution in [0.3, 0.4) is 0 Å². The maximum absolute atomic E-state index is 13.5. The van der Waals surface area contributed by atoms with Crippen LogP contribution in [0.1, 0.15) is 23.6 Å². The molecule has 162 valence electrons. The number of amides is 1. The Morgan fingerprint density at radius 1 is 1.03 bits per heavy atom. The van der Waals surface area contributed by atoms with Gasteiger partial charge in [0.25, 0.3) is 5.91 Å². The van der Waals surface area contributed by atoms with Crippen molar-refractivity contribution in [3.63, 3.8) is 0 Å². The molecule has 0 saturated heterocycles. The quantitative estimate of drug-likeness (QED) is 0.515. The number of benzene rings is 3. The number of ether oxygens (including phenoxy) is 3. The van der Waals surface area contributed by atoms with Gasteiger partial charge in [-0.05, 0) is 47.5 Å². The summed E-state index contributed by atoms with van der Waals surface area (Å²) in [4.78, 5) is 13.5. The van der Waals surface area contributed by atoms with Crippen molar-refractivity contribution in [1.82, 2.24) is 5.01 Å². The van der Waals surface area contributed by atoms with Crippen LogP contribution in [0.25, 0.3) is 0 Å². The van der Waals surface area contributed by atoms with Crippen LogP contribution < -0.4 is 14.2 Å². The Balaban J connectivity index is 1.46. The van der Waals surface area contributed by atoms with Crippen molar-refractivity contribution in [1.29, 1.82) is 0 Å². The highest BCUT2D eigenvalue weighted by molar-refractivity contribution is 9.10. The molecule has 0 spiro atoms. The minimum atomic E-state index is -0.765. The number of rotatable bonds is 4. The molecule has 0 fully saturated rings. The van der Waals surface area contributed by atoms with Crippen molar-refractivity contribution in [3.8, 4) is 17.2 Å². The van der Waals surface area contributed by atoms with Crippen LogP contribution in [0, 0.1) is 0 Å². The van der Waals surface area contributed by atoms with Gasteiger partial charge in [0.2, 0.25) is 6.10 Å². The standard InChI is InChI=1S/C25H21BrN2O4/c1-30-19-12-8-17(9-13-19)21-14-20(16-6-10-18(26)11-7-16)27-28(21)25(29)24-15-31-22-4-2-3-5-23(22)32-24/h2-13,21,24H,14-15H2,1H3. The Kier molecular flexibility index (Phi) is 5.57. The molecule has 2 aliphatic rings. The zero-order chi connectivity index (χ0) is 22.1. The van der Waals surface area contributed by atoms with Gasteiger partial charge in [-0.3, -0.25) is 4.79 Å². The van der Waals surface area contributed by atoms with Crippen LogP contribution in [0.15, 0.2) is 82.4 Å². The van der Waals surface area contributed by atoms with Crippen LogP contribution in [0.4, 0.5) is 0 Å². The molecule has 3 aromatic rings. The number of hydrogen-bond acceptors (Lipinski definition) is 5. The molecule has 2 heterocycles. The van der Waals surface area contributed by atoms with Crippen molar-refractivity contribution in [2.24, 2.45) is 5.10 Å². The van der Waals surface area contributed by atoms with E-state index in [4.69, 9.17) is 19.3 Å². The number of para-hydroxylation sites is 2. The summed E-state index contributed by atoms with van der Waals surface area (Å²) in [7, 11) is 1.63. The van der Waals surface area contributed by atoms with E-state index in [1.54, 1.807) is 18.2 Å². The van der Waals surface area contributed by atoms with E-state index in [0.29, 0.717) is 17.9 Å². The lowest BCUT2D eigenvalue weighted by atomic mass is 9.98. The molecule has 0 saturated carbocycles. The zero-order valence-electron chi connectivity index (χ0n) is 17.4. The molecule has 5 rings (SSSR count). The zero-order valence-corrected chi connectivity index (χ0v) is 19.0. The maximum Gasteiger partial charge on any atom is 0.287 e. The topological polar surface area (TPSA) is 60.4 Å². The third-order valence-corrected chi connectivity index (χ3v) is 6.13. The third-order valence-electron chi connectivity index (χ3n) is 5.60. The molecule has 7 heteroatoms. The van der Waals surface area contributed by atoms with Gasteiger partial charge in [-0.1, -0.05) is 52.3 Å². The Bertz CT molecular complexity index is 1160. The lowest BCUT2D eigenvalue weighted by Gasteiger charge is -2.30. The minimum Gasteiger partial charge on any atom is -0.497 e. The summed E-state index contributed by atoms with van der Waals surface area (Å²) in [6, 6.07) is 22.8. The molecule has 0 aromatic heterocycles. The fourth-order valence-electron chi connectivity index (χ4n) is 3.90. The van der Waals surface area contributed by atoms with Crippen LogP contribution >= 0.6 is 15.9 Å². The Morgan fingerprint density at radius 3 is 2.47 bits per heavy atom. The van der Waals surface area contributed by atoms with Gasteiger partial charge in [0.05, 0.1) is 18.9 Å². The van der Waals surface area contributed by atoms with E-state index in [2.05, 4.69) is 15.9 Å². The number of nitrogens with zero attached hydrogens (tertiary/aromatic N) is 2. The van der Waals surface area contributed by atoms with Crippen LogP contribution in [-0.4, -0.2) is 36.4 Å². The van der Waals surface area contributed by atoms with Crippen LogP contribution in [0.5, 0.6) is 17.2 Å². The summed E-state index contributed by atoms with van der Waals surface area (Å²) < 4.78 is 18.0. The van der Waals surface area contributed by atoms with Gasteiger partial charge < -0.3 is 14.2 Å². The van der Waals surface area contributed by atoms with E-state index in [9.17, 15) is 4.79 Å². The van der Waals surface area contributed by atoms with E-state index < -0.39 is 6.10 Å². The number of hydrazone groups is 1. The molecule has 3 aromatic carbocycles. The maximum atomic E-state index is 13.5. The number of methoxy groups -OCH3 is 1. The molecule has 2 atom stereocenters. The number of halogens is 1. The van der Waals surface area contributed by atoms with Crippen molar-refractivity contribution < 1.29 is 19.0 Å². The highest BCUT2D eigenvalue weighted by Crippen LogP contribution is 2.36. The highest BCUT2D eigenvalue weighted by atomic mass is 79.9. The average Bonchev–Trinajstić information content (AvgIpc) is 3.29. The van der Waals surface area contributed by atoms with Gasteiger partial charge in [-0.25, -0.2) is 5.01 Å². The van der Waals surface area contributed by atoms with Crippen LogP contribution in [0.2, 0.25) is 0 Å². The van der Waals surface area contributed by atoms with E-state index >= 15 is 0 Å². The fraction of sp³-hybridized carbons (Fsp3) is 0.200. The summed E-state index contributed by atoms with van der Waals surface area (Å²) in [5.41, 5.74) is 2.81. The van der Waals surface area contributed by atoms with Gasteiger partial charge in [0.15, 0.2) is 11.5 Å². The number of hydrogen-bond donors (Lipinski definition) is 0. The molecular weight excluding hydrogens is 472 g/mol. The summed E-state index contributed by atoms with van der Waals surface area (Å²) in [6.07, 6.45) is -0.164.